The third-order valence-electron chi connectivity index (χ3n) is 4.29. The molecule has 0 fully saturated rings. The zero-order chi connectivity index (χ0) is 23.6. The number of hydrogen-bond acceptors (Lipinski definition) is 6. The number of anilines is 2. The first-order valence-electron chi connectivity index (χ1n) is 8.95. The zero-order valence-corrected chi connectivity index (χ0v) is 16.7. The van der Waals surface area contributed by atoms with Crippen molar-refractivity contribution in [3.8, 4) is 0 Å². The second-order valence-electron chi connectivity index (χ2n) is 6.65. The van der Waals surface area contributed by atoms with E-state index in [-0.39, 0.29) is 5.69 Å². The second kappa shape index (κ2) is 8.49. The maximum Gasteiger partial charge on any atom is 0.442 e. The van der Waals surface area contributed by atoms with E-state index in [1.54, 1.807) is 13.2 Å². The van der Waals surface area contributed by atoms with E-state index in [1.807, 2.05) is 0 Å². The molecule has 1 aromatic carbocycles. The minimum Gasteiger partial charge on any atom is -0.324 e. The Morgan fingerprint density at radius 3 is 2.16 bits per heavy atom. The number of carbonyl (C=O) groups is 2. The van der Waals surface area contributed by atoms with Crippen LogP contribution in [0, 0.1) is 17.0 Å². The summed E-state index contributed by atoms with van der Waals surface area (Å²) >= 11 is 0. The van der Waals surface area contributed by atoms with Crippen LogP contribution < -0.4 is 10.6 Å². The monoisotopic (exact) mass is 451 g/mol. The highest BCUT2D eigenvalue weighted by Crippen LogP contribution is 2.36. The maximum atomic E-state index is 13.0. The number of aromatic nitrogens is 4. The van der Waals surface area contributed by atoms with Crippen molar-refractivity contribution in [3.63, 3.8) is 0 Å². The lowest BCUT2D eigenvalue weighted by Gasteiger charge is -2.08. The summed E-state index contributed by atoms with van der Waals surface area (Å²) in [6.07, 6.45) is -3.43. The van der Waals surface area contributed by atoms with Gasteiger partial charge in [-0.15, -0.1) is 0 Å². The zero-order valence-electron chi connectivity index (χ0n) is 16.7. The van der Waals surface area contributed by atoms with Crippen molar-refractivity contribution in [1.82, 2.24) is 19.6 Å². The number of benzene rings is 1. The highest BCUT2D eigenvalue weighted by molar-refractivity contribution is 6.03. The van der Waals surface area contributed by atoms with Gasteiger partial charge in [-0.05, 0) is 37.3 Å². The molecule has 0 bridgehead atoms. The summed E-state index contributed by atoms with van der Waals surface area (Å²) in [6.45, 7) is 0.410. The van der Waals surface area contributed by atoms with E-state index in [1.165, 1.54) is 35.0 Å². The fourth-order valence-electron chi connectivity index (χ4n) is 2.80. The lowest BCUT2D eigenvalue weighted by atomic mass is 10.2. The van der Waals surface area contributed by atoms with Gasteiger partial charge in [0.05, 0.1) is 4.92 Å². The summed E-state index contributed by atoms with van der Waals surface area (Å²) in [6, 6.07) is 7.47. The van der Waals surface area contributed by atoms with Gasteiger partial charge in [-0.25, -0.2) is 0 Å². The molecule has 0 atom stereocenters. The lowest BCUT2D eigenvalue weighted by molar-refractivity contribution is -0.388. The predicted molar refractivity (Wildman–Crippen MR) is 105 cm³/mol. The minimum atomic E-state index is -5.04. The fourth-order valence-corrected chi connectivity index (χ4v) is 2.80. The normalized spacial score (nSPS) is 11.3. The quantitative estimate of drug-likeness (QED) is 0.437. The van der Waals surface area contributed by atoms with Crippen molar-refractivity contribution in [2.45, 2.75) is 19.6 Å². The number of rotatable bonds is 6. The molecule has 14 heteroatoms. The fraction of sp³-hybridized carbons (Fsp3) is 0.222. The van der Waals surface area contributed by atoms with Crippen molar-refractivity contribution in [1.29, 1.82) is 0 Å². The Morgan fingerprint density at radius 1 is 1.09 bits per heavy atom. The Kier molecular flexibility index (Phi) is 5.95. The van der Waals surface area contributed by atoms with E-state index >= 15 is 0 Å². The molecule has 0 aliphatic heterocycles. The van der Waals surface area contributed by atoms with Crippen molar-refractivity contribution in [3.05, 3.63) is 63.7 Å². The van der Waals surface area contributed by atoms with Crippen LogP contribution in [0.4, 0.5) is 30.2 Å². The Morgan fingerprint density at radius 2 is 1.69 bits per heavy atom. The van der Waals surface area contributed by atoms with Gasteiger partial charge < -0.3 is 10.6 Å². The highest BCUT2D eigenvalue weighted by atomic mass is 19.4. The van der Waals surface area contributed by atoms with Gasteiger partial charge in [0.25, 0.3) is 5.91 Å². The largest absolute Gasteiger partial charge is 0.442 e. The van der Waals surface area contributed by atoms with Crippen LogP contribution in [0.5, 0.6) is 0 Å². The van der Waals surface area contributed by atoms with Crippen LogP contribution >= 0.6 is 0 Å². The van der Waals surface area contributed by atoms with Crippen LogP contribution in [0.1, 0.15) is 21.9 Å². The van der Waals surface area contributed by atoms with Gasteiger partial charge >= 0.3 is 11.9 Å². The lowest BCUT2D eigenvalue weighted by Crippen LogP contribution is -2.21. The average Bonchev–Trinajstić information content (AvgIpc) is 3.27. The molecule has 2 N–H and O–H groups in total. The smallest absolute Gasteiger partial charge is 0.324 e. The van der Waals surface area contributed by atoms with E-state index in [0.717, 1.165) is 6.92 Å². The molecule has 2 heterocycles. The molecule has 0 aliphatic rings. The van der Waals surface area contributed by atoms with E-state index in [9.17, 15) is 32.9 Å². The molecule has 0 radical (unpaired) electrons. The van der Waals surface area contributed by atoms with Crippen LogP contribution in [-0.2, 0) is 24.6 Å². The van der Waals surface area contributed by atoms with Crippen LogP contribution in [0.15, 0.2) is 36.5 Å². The molecular formula is C18H16F3N7O4. The van der Waals surface area contributed by atoms with Gasteiger partial charge in [0.15, 0.2) is 5.69 Å². The minimum absolute atomic E-state index is 0.215. The summed E-state index contributed by atoms with van der Waals surface area (Å²) in [7, 11) is 1.67. The number of halogens is 3. The van der Waals surface area contributed by atoms with Gasteiger partial charge in [-0.3, -0.25) is 29.1 Å². The number of hydrogen-bond donors (Lipinski definition) is 2. The van der Waals surface area contributed by atoms with Crippen LogP contribution in [-0.4, -0.2) is 36.3 Å². The predicted octanol–water partition coefficient (Wildman–Crippen LogP) is 2.74. The summed E-state index contributed by atoms with van der Waals surface area (Å²) in [5.41, 5.74) is -2.33. The van der Waals surface area contributed by atoms with Crippen molar-refractivity contribution in [2.24, 2.45) is 7.05 Å². The molecular weight excluding hydrogens is 435 g/mol. The topological polar surface area (TPSA) is 137 Å². The number of nitro groups is 1. The first-order valence-corrected chi connectivity index (χ1v) is 8.95. The molecule has 11 nitrogen and oxygen atoms in total. The molecule has 3 aromatic rings. The molecule has 168 valence electrons. The van der Waals surface area contributed by atoms with Gasteiger partial charge in [0.2, 0.25) is 11.6 Å². The van der Waals surface area contributed by atoms with Gasteiger partial charge in [-0.2, -0.15) is 23.4 Å². The number of nitrogens with one attached hydrogen (secondary N) is 2. The van der Waals surface area contributed by atoms with Crippen LogP contribution in [0.25, 0.3) is 0 Å². The van der Waals surface area contributed by atoms with Gasteiger partial charge in [0, 0.05) is 24.6 Å². The Hall–Kier alpha value is -4.23. The summed E-state index contributed by atoms with van der Waals surface area (Å²) in [4.78, 5) is 34.1. The molecule has 3 rings (SSSR count). The first-order chi connectivity index (χ1) is 15.0. The standard InChI is InChI=1S/C18H16F3N7O4/c1-10-15(28(31)32)16(18(19,20)21)25-27(10)9-14(29)22-11-3-5-12(6-4-11)23-17(30)13-7-8-26(2)24-13/h3-8H,9H2,1-2H3,(H,22,29)(H,23,30). The summed E-state index contributed by atoms with van der Waals surface area (Å²) in [5, 5.41) is 23.2. The van der Waals surface area contributed by atoms with E-state index < -0.39 is 46.5 Å². The number of nitrogens with zero attached hydrogens (tertiary/aromatic N) is 5. The molecule has 2 aromatic heterocycles. The highest BCUT2D eigenvalue weighted by Gasteiger charge is 2.44. The molecule has 2 amide bonds. The average molecular weight is 451 g/mol. The number of amides is 2. The van der Waals surface area contributed by atoms with Crippen LogP contribution in [0.2, 0.25) is 0 Å². The van der Waals surface area contributed by atoms with Crippen molar-refractivity contribution >= 4 is 28.9 Å². The van der Waals surface area contributed by atoms with Gasteiger partial charge in [-0.1, -0.05) is 0 Å². The molecule has 0 spiro atoms. The van der Waals surface area contributed by atoms with E-state index in [4.69, 9.17) is 0 Å². The Balaban J connectivity index is 1.67. The molecule has 0 saturated heterocycles. The second-order valence-corrected chi connectivity index (χ2v) is 6.65. The first kappa shape index (κ1) is 22.5. The van der Waals surface area contributed by atoms with E-state index in [2.05, 4.69) is 20.8 Å². The molecule has 0 aliphatic carbocycles. The van der Waals surface area contributed by atoms with Crippen molar-refractivity contribution < 1.29 is 27.7 Å². The Labute approximate surface area is 178 Å². The number of carbonyl (C=O) groups excluding carboxylic acids is 2. The summed E-state index contributed by atoms with van der Waals surface area (Å²) in [5.74, 6) is -1.18. The SMILES string of the molecule is Cc1c([N+](=O)[O-])c(C(F)(F)F)nn1CC(=O)Nc1ccc(NC(=O)c2ccn(C)n2)cc1. The number of alkyl halides is 3. The van der Waals surface area contributed by atoms with Gasteiger partial charge in [0.1, 0.15) is 12.2 Å². The maximum absolute atomic E-state index is 13.0. The Bertz CT molecular complexity index is 1180. The molecule has 0 unspecified atom stereocenters. The van der Waals surface area contributed by atoms with Crippen molar-refractivity contribution in [2.75, 3.05) is 10.6 Å². The summed E-state index contributed by atoms with van der Waals surface area (Å²) < 4.78 is 41.1. The van der Waals surface area contributed by atoms with Crippen LogP contribution in [0.3, 0.4) is 0 Å². The molecule has 0 saturated carbocycles. The molecule has 32 heavy (non-hydrogen) atoms. The van der Waals surface area contributed by atoms with E-state index in [0.29, 0.717) is 16.1 Å². The third-order valence-corrected chi connectivity index (χ3v) is 4.29. The number of aryl methyl sites for hydroxylation is 1. The third kappa shape index (κ3) is 4.91.